The third-order valence-corrected chi connectivity index (χ3v) is 7.27. The zero-order chi connectivity index (χ0) is 28.9. The van der Waals surface area contributed by atoms with Crippen LogP contribution in [0.5, 0.6) is 0 Å². The van der Waals surface area contributed by atoms with Gasteiger partial charge in [-0.05, 0) is 68.7 Å². The van der Waals surface area contributed by atoms with E-state index >= 15 is 0 Å². The standard InChI is InChI=1S/C29H37N7O4/c1-4-40-26(38)14-13-25(37)34-29(2,28(39)36-15-5-6-16-36)20-9-12-23-22(17-20)33-24(35(23)3)18-32-21-10-7-19(8-11-21)27(30)31/h7-12,17,32H,4-6,13-16,18H2,1-3H3,(H3,30,31)(H,34,37). The van der Waals surface area contributed by atoms with Gasteiger partial charge in [-0.15, -0.1) is 0 Å². The van der Waals surface area contributed by atoms with Crippen LogP contribution in [0.4, 0.5) is 5.69 Å². The van der Waals surface area contributed by atoms with E-state index < -0.39 is 17.4 Å². The number of aromatic nitrogens is 2. The maximum absolute atomic E-state index is 13.7. The molecule has 5 N–H and O–H groups in total. The van der Waals surface area contributed by atoms with E-state index in [0.29, 0.717) is 36.3 Å². The zero-order valence-corrected chi connectivity index (χ0v) is 23.3. The summed E-state index contributed by atoms with van der Waals surface area (Å²) in [4.78, 5) is 45.0. The topological polar surface area (TPSA) is 155 Å². The van der Waals surface area contributed by atoms with Gasteiger partial charge in [0.25, 0.3) is 5.91 Å². The molecule has 1 atom stereocenters. The minimum atomic E-state index is -1.32. The number of hydrogen-bond donors (Lipinski definition) is 4. The van der Waals surface area contributed by atoms with E-state index in [1.165, 1.54) is 0 Å². The molecule has 2 aromatic carbocycles. The number of anilines is 1. The molecule has 1 unspecified atom stereocenters. The monoisotopic (exact) mass is 547 g/mol. The number of fused-ring (bicyclic) bond motifs is 1. The lowest BCUT2D eigenvalue weighted by Crippen LogP contribution is -2.55. The number of likely N-dealkylation sites (tertiary alicyclic amines) is 1. The lowest BCUT2D eigenvalue weighted by Gasteiger charge is -2.34. The van der Waals surface area contributed by atoms with Crippen molar-refractivity contribution in [2.24, 2.45) is 12.8 Å². The lowest BCUT2D eigenvalue weighted by molar-refractivity contribution is -0.145. The molecular formula is C29H37N7O4. The molecule has 1 aliphatic rings. The number of benzene rings is 2. The first kappa shape index (κ1) is 28.6. The van der Waals surface area contributed by atoms with Gasteiger partial charge in [-0.1, -0.05) is 6.07 Å². The highest BCUT2D eigenvalue weighted by Gasteiger charge is 2.41. The van der Waals surface area contributed by atoms with Gasteiger partial charge in [-0.3, -0.25) is 19.8 Å². The largest absolute Gasteiger partial charge is 0.466 e. The highest BCUT2D eigenvalue weighted by Crippen LogP contribution is 2.29. The summed E-state index contributed by atoms with van der Waals surface area (Å²) in [6.07, 6.45) is 1.72. The highest BCUT2D eigenvalue weighted by molar-refractivity contribution is 5.95. The molecule has 0 spiro atoms. The van der Waals surface area contributed by atoms with Gasteiger partial charge in [-0.2, -0.15) is 0 Å². The Hall–Kier alpha value is -4.41. The number of amidine groups is 1. The molecule has 1 saturated heterocycles. The lowest BCUT2D eigenvalue weighted by atomic mass is 9.89. The van der Waals surface area contributed by atoms with Crippen LogP contribution in [0, 0.1) is 5.41 Å². The van der Waals surface area contributed by atoms with Gasteiger partial charge in [0.15, 0.2) is 0 Å². The Kier molecular flexibility index (Phi) is 8.71. The maximum atomic E-state index is 13.7. The number of ether oxygens (including phenoxy) is 1. The van der Waals surface area contributed by atoms with E-state index in [9.17, 15) is 14.4 Å². The van der Waals surface area contributed by atoms with E-state index in [2.05, 4.69) is 10.6 Å². The molecule has 0 radical (unpaired) electrons. The van der Waals surface area contributed by atoms with Crippen molar-refractivity contribution < 1.29 is 19.1 Å². The predicted molar refractivity (Wildman–Crippen MR) is 153 cm³/mol. The molecule has 4 rings (SSSR count). The van der Waals surface area contributed by atoms with E-state index in [1.807, 2.05) is 41.9 Å². The fourth-order valence-electron chi connectivity index (χ4n) is 4.94. The molecule has 3 aromatic rings. The van der Waals surface area contributed by atoms with Crippen molar-refractivity contribution in [2.45, 2.75) is 51.6 Å². The first-order valence-electron chi connectivity index (χ1n) is 13.5. The second kappa shape index (κ2) is 12.2. The highest BCUT2D eigenvalue weighted by atomic mass is 16.5. The van der Waals surface area contributed by atoms with Gasteiger partial charge < -0.3 is 30.6 Å². The van der Waals surface area contributed by atoms with Gasteiger partial charge in [-0.25, -0.2) is 4.98 Å². The van der Waals surface area contributed by atoms with Crippen LogP contribution in [0.1, 0.15) is 56.5 Å². The first-order chi connectivity index (χ1) is 19.1. The summed E-state index contributed by atoms with van der Waals surface area (Å²) in [5, 5.41) is 13.8. The molecule has 212 valence electrons. The average Bonchev–Trinajstić information content (AvgIpc) is 3.59. The minimum absolute atomic E-state index is 0.0168. The Bertz CT molecular complexity index is 1410. The average molecular weight is 548 g/mol. The van der Waals surface area contributed by atoms with Crippen molar-refractivity contribution in [3.05, 3.63) is 59.4 Å². The van der Waals surface area contributed by atoms with E-state index in [4.69, 9.17) is 20.9 Å². The Morgan fingerprint density at radius 3 is 2.45 bits per heavy atom. The summed E-state index contributed by atoms with van der Waals surface area (Å²) in [7, 11) is 1.93. The second-order valence-electron chi connectivity index (χ2n) is 10.1. The van der Waals surface area contributed by atoms with Crippen LogP contribution in [-0.4, -0.2) is 57.8 Å². The summed E-state index contributed by atoms with van der Waals surface area (Å²) in [5.74, 6) is -0.224. The quantitative estimate of drug-likeness (QED) is 0.163. The summed E-state index contributed by atoms with van der Waals surface area (Å²) in [5.41, 5.74) is 7.95. The molecule has 1 fully saturated rings. The van der Waals surface area contributed by atoms with E-state index in [-0.39, 0.29) is 31.2 Å². The smallest absolute Gasteiger partial charge is 0.306 e. The van der Waals surface area contributed by atoms with Crippen LogP contribution in [-0.2, 0) is 38.3 Å². The van der Waals surface area contributed by atoms with Crippen molar-refractivity contribution in [3.8, 4) is 0 Å². The van der Waals surface area contributed by atoms with Crippen LogP contribution in [0.2, 0.25) is 0 Å². The molecular weight excluding hydrogens is 510 g/mol. The number of carbonyl (C=O) groups is 3. The SMILES string of the molecule is CCOC(=O)CCC(=O)NC(C)(C(=O)N1CCCC1)c1ccc2c(c1)nc(CNc1ccc(C(=N)N)cc1)n2C. The fraction of sp³-hybridized carbons (Fsp3) is 0.414. The molecule has 11 nitrogen and oxygen atoms in total. The number of aryl methyl sites for hydroxylation is 1. The summed E-state index contributed by atoms with van der Waals surface area (Å²) >= 11 is 0. The molecule has 1 aromatic heterocycles. The Morgan fingerprint density at radius 1 is 1.10 bits per heavy atom. The van der Waals surface area contributed by atoms with Gasteiger partial charge in [0.05, 0.1) is 30.6 Å². The van der Waals surface area contributed by atoms with Crippen LogP contribution < -0.4 is 16.4 Å². The van der Waals surface area contributed by atoms with Crippen LogP contribution in [0.3, 0.4) is 0 Å². The molecule has 0 bridgehead atoms. The Morgan fingerprint density at radius 2 is 1.80 bits per heavy atom. The van der Waals surface area contributed by atoms with Crippen molar-refractivity contribution in [1.29, 1.82) is 5.41 Å². The number of carbonyl (C=O) groups excluding carboxylic acids is 3. The fourth-order valence-corrected chi connectivity index (χ4v) is 4.94. The number of amides is 2. The summed E-state index contributed by atoms with van der Waals surface area (Å²) in [6.45, 7) is 5.41. The van der Waals surface area contributed by atoms with E-state index in [0.717, 1.165) is 29.9 Å². The molecule has 40 heavy (non-hydrogen) atoms. The number of nitrogens with zero attached hydrogens (tertiary/aromatic N) is 3. The van der Waals surface area contributed by atoms with E-state index in [1.54, 1.807) is 30.9 Å². The molecule has 0 aliphatic carbocycles. The molecule has 2 amide bonds. The van der Waals surface area contributed by atoms with Crippen LogP contribution in [0.15, 0.2) is 42.5 Å². The van der Waals surface area contributed by atoms with Gasteiger partial charge >= 0.3 is 5.97 Å². The number of nitrogen functional groups attached to an aromatic ring is 1. The summed E-state index contributed by atoms with van der Waals surface area (Å²) < 4.78 is 6.92. The molecule has 2 heterocycles. The number of nitrogens with one attached hydrogen (secondary N) is 3. The maximum Gasteiger partial charge on any atom is 0.306 e. The van der Waals surface area contributed by atoms with Crippen molar-refractivity contribution in [2.75, 3.05) is 25.0 Å². The Labute approximate surface area is 233 Å². The number of imidazole rings is 1. The predicted octanol–water partition coefficient (Wildman–Crippen LogP) is 2.77. The number of esters is 1. The zero-order valence-electron chi connectivity index (χ0n) is 23.3. The first-order valence-corrected chi connectivity index (χ1v) is 13.5. The normalized spacial score (nSPS) is 14.5. The van der Waals surface area contributed by atoms with Gasteiger partial charge in [0, 0.05) is 37.8 Å². The van der Waals surface area contributed by atoms with Crippen molar-refractivity contribution in [1.82, 2.24) is 19.8 Å². The van der Waals surface area contributed by atoms with Crippen LogP contribution in [0.25, 0.3) is 11.0 Å². The summed E-state index contributed by atoms with van der Waals surface area (Å²) in [6, 6.07) is 12.9. The Balaban J connectivity index is 1.57. The van der Waals surface area contributed by atoms with Crippen molar-refractivity contribution in [3.63, 3.8) is 0 Å². The van der Waals surface area contributed by atoms with Gasteiger partial charge in [0.2, 0.25) is 5.91 Å². The second-order valence-corrected chi connectivity index (χ2v) is 10.1. The molecule has 1 aliphatic heterocycles. The van der Waals surface area contributed by atoms with Crippen molar-refractivity contribution >= 4 is 40.3 Å². The third-order valence-electron chi connectivity index (χ3n) is 7.27. The number of nitrogens with two attached hydrogens (primary N) is 1. The number of rotatable bonds is 11. The third kappa shape index (κ3) is 6.24. The van der Waals surface area contributed by atoms with Crippen LogP contribution >= 0.6 is 0 Å². The molecule has 0 saturated carbocycles. The number of hydrogen-bond acceptors (Lipinski definition) is 7. The van der Waals surface area contributed by atoms with Gasteiger partial charge in [0.1, 0.15) is 17.2 Å². The molecule has 11 heteroatoms. The minimum Gasteiger partial charge on any atom is -0.466 e.